The number of thiol groups is 1. The van der Waals surface area contributed by atoms with E-state index in [4.69, 9.17) is 0 Å². The van der Waals surface area contributed by atoms with Crippen molar-refractivity contribution in [1.82, 2.24) is 4.98 Å². The van der Waals surface area contributed by atoms with Crippen molar-refractivity contribution in [3.8, 4) is 0 Å². The normalized spacial score (nSPS) is 7.91. The summed E-state index contributed by atoms with van der Waals surface area (Å²) in [4.78, 5) is 14.0. The van der Waals surface area contributed by atoms with E-state index >= 15 is 0 Å². The van der Waals surface area contributed by atoms with Gasteiger partial charge in [0.15, 0.2) is 0 Å². The maximum absolute atomic E-state index is 9.21. The third kappa shape index (κ3) is 9.46. The Morgan fingerprint density at radius 2 is 1.91 bits per heavy atom. The van der Waals surface area contributed by atoms with E-state index in [9.17, 15) is 4.79 Å². The fourth-order valence-electron chi connectivity index (χ4n) is 0.344. The second kappa shape index (κ2) is 6.19. The first-order valence-corrected chi connectivity index (χ1v) is 3.70. The number of pyridine rings is 1. The van der Waals surface area contributed by atoms with E-state index in [1.165, 1.54) is 6.92 Å². The second-order valence-electron chi connectivity index (χ2n) is 1.68. The van der Waals surface area contributed by atoms with Crippen LogP contribution < -0.4 is 0 Å². The Morgan fingerprint density at radius 3 is 2.09 bits per heavy atom. The molecule has 0 aromatic carbocycles. The molecule has 60 valence electrons. The number of hydrogen-bond donors (Lipinski definition) is 1. The van der Waals surface area contributed by atoms with Crippen LogP contribution in [0.2, 0.25) is 0 Å². The van der Waals surface area contributed by atoms with E-state index in [2.05, 4.69) is 29.2 Å². The molecular formula is C7H8ClNOS. The summed E-state index contributed by atoms with van der Waals surface area (Å²) in [6.07, 6.45) is 3.42. The lowest BCUT2D eigenvalue weighted by atomic mass is 10.5. The summed E-state index contributed by atoms with van der Waals surface area (Å²) in [6.45, 7) is 1.29. The van der Waals surface area contributed by atoms with Crippen LogP contribution in [0, 0.1) is 0 Å². The van der Waals surface area contributed by atoms with Crippen LogP contribution in [0.3, 0.4) is 0 Å². The number of halogens is 1. The van der Waals surface area contributed by atoms with E-state index < -0.39 is 0 Å². The molecule has 0 aliphatic heterocycles. The molecule has 1 rings (SSSR count). The lowest BCUT2D eigenvalue weighted by Crippen LogP contribution is -1.64. The highest BCUT2D eigenvalue weighted by molar-refractivity contribution is 7.80. The molecule has 0 saturated carbocycles. The van der Waals surface area contributed by atoms with Gasteiger partial charge in [-0.3, -0.25) is 9.78 Å². The Hall–Kier alpha value is -0.540. The molecule has 4 heteroatoms. The van der Waals surface area contributed by atoms with E-state index in [-0.39, 0.29) is 5.24 Å². The van der Waals surface area contributed by atoms with Crippen LogP contribution in [0.1, 0.15) is 6.92 Å². The van der Waals surface area contributed by atoms with Crippen molar-refractivity contribution in [3.05, 3.63) is 24.5 Å². The SMILES string of the molecule is CC(=O)Cl.Sc1ccncc1. The van der Waals surface area contributed by atoms with Crippen LogP contribution in [-0.2, 0) is 4.79 Å². The molecule has 11 heavy (non-hydrogen) atoms. The average molecular weight is 190 g/mol. The molecule has 0 atom stereocenters. The molecule has 1 aromatic rings. The van der Waals surface area contributed by atoms with Crippen molar-refractivity contribution >= 4 is 29.5 Å². The topological polar surface area (TPSA) is 30.0 Å². The molecule has 0 amide bonds. The van der Waals surface area contributed by atoms with Gasteiger partial charge in [0, 0.05) is 24.2 Å². The maximum Gasteiger partial charge on any atom is 0.218 e. The quantitative estimate of drug-likeness (QED) is 0.501. The van der Waals surface area contributed by atoms with Gasteiger partial charge in [-0.2, -0.15) is 0 Å². The third-order valence-electron chi connectivity index (χ3n) is 0.663. The van der Waals surface area contributed by atoms with Gasteiger partial charge in [-0.25, -0.2) is 0 Å². The van der Waals surface area contributed by atoms with Crippen molar-refractivity contribution in [2.24, 2.45) is 0 Å². The zero-order valence-corrected chi connectivity index (χ0v) is 7.64. The number of carbonyl (C=O) groups excluding carboxylic acids is 1. The number of nitrogens with zero attached hydrogens (tertiary/aromatic N) is 1. The minimum Gasteiger partial charge on any atom is -0.282 e. The summed E-state index contributed by atoms with van der Waals surface area (Å²) in [5, 5.41) is -0.361. The molecule has 0 unspecified atom stereocenters. The molecule has 0 fully saturated rings. The zero-order valence-electron chi connectivity index (χ0n) is 5.99. The fraction of sp³-hybridized carbons (Fsp3) is 0.143. The Kier molecular flexibility index (Phi) is 5.88. The molecule has 0 spiro atoms. The predicted octanol–water partition coefficient (Wildman–Crippen LogP) is 2.14. The summed E-state index contributed by atoms with van der Waals surface area (Å²) < 4.78 is 0. The standard InChI is InChI=1S/C5H5NS.C2H3ClO/c7-5-1-3-6-4-2-5;1-2(3)4/h1-4H,(H,6,7);1H3. The molecular weight excluding hydrogens is 182 g/mol. The second-order valence-corrected chi connectivity index (χ2v) is 2.72. The van der Waals surface area contributed by atoms with E-state index in [0.717, 1.165) is 4.90 Å². The summed E-state index contributed by atoms with van der Waals surface area (Å²) in [5.41, 5.74) is 0. The highest BCUT2D eigenvalue weighted by Crippen LogP contribution is 1.98. The molecule has 0 N–H and O–H groups in total. The summed E-state index contributed by atoms with van der Waals surface area (Å²) in [6, 6.07) is 3.67. The van der Waals surface area contributed by atoms with Gasteiger partial charge in [-0.15, -0.1) is 12.6 Å². The average Bonchev–Trinajstić information content (AvgIpc) is 1.87. The van der Waals surface area contributed by atoms with Crippen LogP contribution in [0.4, 0.5) is 0 Å². The Balaban J connectivity index is 0.000000218. The summed E-state index contributed by atoms with van der Waals surface area (Å²) in [7, 11) is 0. The van der Waals surface area contributed by atoms with Crippen LogP contribution in [-0.4, -0.2) is 10.2 Å². The van der Waals surface area contributed by atoms with Gasteiger partial charge in [-0.05, 0) is 23.7 Å². The first-order valence-electron chi connectivity index (χ1n) is 2.88. The largest absolute Gasteiger partial charge is 0.282 e. The van der Waals surface area contributed by atoms with Gasteiger partial charge < -0.3 is 0 Å². The summed E-state index contributed by atoms with van der Waals surface area (Å²) >= 11 is 8.68. The fourth-order valence-corrected chi connectivity index (χ4v) is 0.477. The van der Waals surface area contributed by atoms with Gasteiger partial charge in [0.25, 0.3) is 0 Å². The van der Waals surface area contributed by atoms with Crippen molar-refractivity contribution in [3.63, 3.8) is 0 Å². The molecule has 0 radical (unpaired) electrons. The molecule has 1 aromatic heterocycles. The minimum atomic E-state index is -0.361. The lowest BCUT2D eigenvalue weighted by Gasteiger charge is -1.81. The van der Waals surface area contributed by atoms with Crippen LogP contribution in [0.5, 0.6) is 0 Å². The maximum atomic E-state index is 9.21. The molecule has 2 nitrogen and oxygen atoms in total. The molecule has 0 bridgehead atoms. The Bertz CT molecular complexity index is 211. The predicted molar refractivity (Wildman–Crippen MR) is 48.0 cm³/mol. The third-order valence-corrected chi connectivity index (χ3v) is 0.961. The first-order chi connectivity index (χ1) is 5.13. The lowest BCUT2D eigenvalue weighted by molar-refractivity contribution is -0.109. The number of rotatable bonds is 0. The van der Waals surface area contributed by atoms with Gasteiger partial charge in [-0.1, -0.05) is 0 Å². The molecule has 0 aliphatic rings. The number of carbonyl (C=O) groups is 1. The summed E-state index contributed by atoms with van der Waals surface area (Å²) in [5.74, 6) is 0. The van der Waals surface area contributed by atoms with Crippen molar-refractivity contribution in [2.75, 3.05) is 0 Å². The monoisotopic (exact) mass is 189 g/mol. The Morgan fingerprint density at radius 1 is 1.55 bits per heavy atom. The highest BCUT2D eigenvalue weighted by atomic mass is 35.5. The van der Waals surface area contributed by atoms with Gasteiger partial charge in [0.2, 0.25) is 5.24 Å². The van der Waals surface area contributed by atoms with Gasteiger partial charge in [0.1, 0.15) is 0 Å². The van der Waals surface area contributed by atoms with E-state index in [1.54, 1.807) is 12.4 Å². The van der Waals surface area contributed by atoms with Crippen LogP contribution in [0.25, 0.3) is 0 Å². The molecule has 0 aliphatic carbocycles. The molecule has 1 heterocycles. The van der Waals surface area contributed by atoms with E-state index in [0.29, 0.717) is 0 Å². The smallest absolute Gasteiger partial charge is 0.218 e. The first kappa shape index (κ1) is 10.5. The van der Waals surface area contributed by atoms with Gasteiger partial charge in [0.05, 0.1) is 0 Å². The van der Waals surface area contributed by atoms with Gasteiger partial charge >= 0.3 is 0 Å². The number of aromatic nitrogens is 1. The minimum absolute atomic E-state index is 0.361. The number of hydrogen-bond acceptors (Lipinski definition) is 3. The molecule has 0 saturated heterocycles. The Labute approximate surface area is 76.0 Å². The van der Waals surface area contributed by atoms with Crippen molar-refractivity contribution < 1.29 is 4.79 Å². The van der Waals surface area contributed by atoms with E-state index in [1.807, 2.05) is 12.1 Å². The zero-order chi connectivity index (χ0) is 8.69. The van der Waals surface area contributed by atoms with Crippen molar-refractivity contribution in [2.45, 2.75) is 11.8 Å². The highest BCUT2D eigenvalue weighted by Gasteiger charge is 1.74. The van der Waals surface area contributed by atoms with Crippen LogP contribution in [0.15, 0.2) is 29.4 Å². The van der Waals surface area contributed by atoms with Crippen molar-refractivity contribution in [1.29, 1.82) is 0 Å². The van der Waals surface area contributed by atoms with Crippen LogP contribution >= 0.6 is 24.2 Å².